The summed E-state index contributed by atoms with van der Waals surface area (Å²) in [6.07, 6.45) is 3.02. The van der Waals surface area contributed by atoms with E-state index in [0.29, 0.717) is 12.5 Å². The molecule has 0 radical (unpaired) electrons. The molecule has 0 aromatic heterocycles. The van der Waals surface area contributed by atoms with Crippen LogP contribution in [0.2, 0.25) is 0 Å². The van der Waals surface area contributed by atoms with Gasteiger partial charge in [0, 0.05) is 0 Å². The SMILES string of the molecule is O=C(OCc1ccccc1)[C@@H]1C[C@H]1CC[P+](c1ccccc1)(c1ccccc1)c1ccccc1.[Br-]. The number of esters is 1. The molecule has 5 rings (SSSR count). The average Bonchev–Trinajstić information content (AvgIpc) is 3.70. The maximum Gasteiger partial charge on any atom is 0.309 e. The highest BCUT2D eigenvalue weighted by Gasteiger charge is 2.50. The minimum absolute atomic E-state index is 0. The zero-order valence-electron chi connectivity index (χ0n) is 19.7. The van der Waals surface area contributed by atoms with Crippen molar-refractivity contribution in [3.8, 4) is 0 Å². The van der Waals surface area contributed by atoms with E-state index in [1.165, 1.54) is 15.9 Å². The van der Waals surface area contributed by atoms with Gasteiger partial charge in [0.15, 0.2) is 0 Å². The van der Waals surface area contributed by atoms with Crippen LogP contribution in [0, 0.1) is 11.8 Å². The average molecular weight is 545 g/mol. The highest BCUT2D eigenvalue weighted by atomic mass is 79.9. The van der Waals surface area contributed by atoms with Crippen molar-refractivity contribution in [2.24, 2.45) is 11.8 Å². The fourth-order valence-corrected chi connectivity index (χ4v) is 9.36. The molecule has 1 fully saturated rings. The molecule has 0 spiro atoms. The van der Waals surface area contributed by atoms with Crippen LogP contribution in [0.4, 0.5) is 0 Å². The van der Waals surface area contributed by atoms with Crippen LogP contribution in [0.25, 0.3) is 0 Å². The molecule has 1 saturated carbocycles. The maximum atomic E-state index is 12.7. The molecule has 2 nitrogen and oxygen atoms in total. The van der Waals surface area contributed by atoms with Crippen LogP contribution in [0.3, 0.4) is 0 Å². The van der Waals surface area contributed by atoms with Gasteiger partial charge in [-0.05, 0) is 60.7 Å². The first-order chi connectivity index (χ1) is 16.8. The first-order valence-corrected chi connectivity index (χ1v) is 14.0. The van der Waals surface area contributed by atoms with Gasteiger partial charge in [0.25, 0.3) is 0 Å². The van der Waals surface area contributed by atoms with Crippen LogP contribution in [-0.2, 0) is 16.1 Å². The minimum atomic E-state index is -1.84. The number of carbonyl (C=O) groups excluding carboxylic acids is 1. The van der Waals surface area contributed by atoms with E-state index < -0.39 is 7.26 Å². The van der Waals surface area contributed by atoms with Gasteiger partial charge in [-0.15, -0.1) is 0 Å². The summed E-state index contributed by atoms with van der Waals surface area (Å²) in [5.74, 6) is 0.392. The van der Waals surface area contributed by atoms with E-state index in [0.717, 1.165) is 24.6 Å². The normalized spacial score (nSPS) is 16.7. The third-order valence-electron chi connectivity index (χ3n) is 6.88. The minimum Gasteiger partial charge on any atom is -1.00 e. The molecule has 1 aliphatic carbocycles. The first-order valence-electron chi connectivity index (χ1n) is 12.0. The van der Waals surface area contributed by atoms with Crippen LogP contribution < -0.4 is 32.9 Å². The standard InChI is InChI=1S/C31H30O2P.BrH/c32-31(33-24-25-13-5-1-6-14-25)30-23-26(30)21-22-34(27-15-7-2-8-16-27,28-17-9-3-10-18-28)29-19-11-4-12-20-29;/h1-20,26,30H,21-24H2;1H/q+1;/p-1/t26-,30-;/m1./s1. The molecule has 1 aliphatic rings. The van der Waals surface area contributed by atoms with Gasteiger partial charge in [0.1, 0.15) is 29.8 Å². The molecule has 0 N–H and O–H groups in total. The fraction of sp³-hybridized carbons (Fsp3) is 0.194. The Hall–Kier alpha value is -2.74. The van der Waals surface area contributed by atoms with E-state index in [-0.39, 0.29) is 28.9 Å². The highest BCUT2D eigenvalue weighted by molar-refractivity contribution is 7.95. The Morgan fingerprint density at radius 1 is 0.686 bits per heavy atom. The lowest BCUT2D eigenvalue weighted by Gasteiger charge is -2.27. The summed E-state index contributed by atoms with van der Waals surface area (Å²) in [7, 11) is -1.84. The van der Waals surface area contributed by atoms with Crippen LogP contribution in [-0.4, -0.2) is 12.1 Å². The van der Waals surface area contributed by atoms with E-state index in [1.807, 2.05) is 30.3 Å². The Morgan fingerprint density at radius 2 is 1.11 bits per heavy atom. The molecule has 0 aliphatic heterocycles. The summed E-state index contributed by atoms with van der Waals surface area (Å²) in [5, 5.41) is 4.20. The highest BCUT2D eigenvalue weighted by Crippen LogP contribution is 2.58. The smallest absolute Gasteiger partial charge is 0.309 e. The summed E-state index contributed by atoms with van der Waals surface area (Å²) in [4.78, 5) is 12.7. The molecular weight excluding hydrogens is 515 g/mol. The van der Waals surface area contributed by atoms with Gasteiger partial charge in [0.05, 0.1) is 12.1 Å². The van der Waals surface area contributed by atoms with Crippen molar-refractivity contribution in [1.29, 1.82) is 0 Å². The Morgan fingerprint density at radius 3 is 1.57 bits per heavy atom. The number of ether oxygens (including phenoxy) is 1. The molecule has 0 unspecified atom stereocenters. The van der Waals surface area contributed by atoms with Crippen molar-refractivity contribution in [1.82, 2.24) is 0 Å². The van der Waals surface area contributed by atoms with Gasteiger partial charge in [-0.1, -0.05) is 84.9 Å². The largest absolute Gasteiger partial charge is 1.00 e. The number of hydrogen-bond acceptors (Lipinski definition) is 2. The van der Waals surface area contributed by atoms with Gasteiger partial charge in [-0.2, -0.15) is 0 Å². The quantitative estimate of drug-likeness (QED) is 0.239. The topological polar surface area (TPSA) is 26.3 Å². The molecule has 0 amide bonds. The predicted octanol–water partition coefficient (Wildman–Crippen LogP) is 2.75. The second kappa shape index (κ2) is 11.8. The van der Waals surface area contributed by atoms with E-state index in [1.54, 1.807) is 0 Å². The third kappa shape index (κ3) is 5.74. The van der Waals surface area contributed by atoms with Crippen molar-refractivity contribution in [2.75, 3.05) is 6.16 Å². The summed E-state index contributed by atoms with van der Waals surface area (Å²) in [6.45, 7) is 0.359. The summed E-state index contributed by atoms with van der Waals surface area (Å²) in [5.41, 5.74) is 1.04. The van der Waals surface area contributed by atoms with Crippen molar-refractivity contribution < 1.29 is 26.5 Å². The van der Waals surface area contributed by atoms with Crippen molar-refractivity contribution in [3.05, 3.63) is 127 Å². The monoisotopic (exact) mass is 544 g/mol. The lowest BCUT2D eigenvalue weighted by Crippen LogP contribution is -3.00. The predicted molar refractivity (Wildman–Crippen MR) is 142 cm³/mol. The number of halogens is 1. The maximum absolute atomic E-state index is 12.7. The summed E-state index contributed by atoms with van der Waals surface area (Å²) in [6, 6.07) is 42.8. The van der Waals surface area contributed by atoms with Crippen molar-refractivity contribution in [2.45, 2.75) is 19.4 Å². The van der Waals surface area contributed by atoms with E-state index in [2.05, 4.69) is 91.0 Å². The van der Waals surface area contributed by atoms with Crippen molar-refractivity contribution >= 4 is 29.1 Å². The van der Waals surface area contributed by atoms with Gasteiger partial charge in [0.2, 0.25) is 0 Å². The lowest BCUT2D eigenvalue weighted by molar-refractivity contribution is -0.146. The van der Waals surface area contributed by atoms with Crippen LogP contribution in [0.1, 0.15) is 18.4 Å². The molecule has 178 valence electrons. The number of rotatable bonds is 9. The molecule has 4 aromatic carbocycles. The van der Waals surface area contributed by atoms with E-state index >= 15 is 0 Å². The third-order valence-corrected chi connectivity index (χ3v) is 11.3. The van der Waals surface area contributed by atoms with E-state index in [4.69, 9.17) is 4.74 Å². The molecule has 0 bridgehead atoms. The Kier molecular flexibility index (Phi) is 8.55. The Balaban J connectivity index is 0.00000289. The number of carbonyl (C=O) groups is 1. The molecular formula is C31H30BrO2P. The van der Waals surface area contributed by atoms with Crippen LogP contribution in [0.5, 0.6) is 0 Å². The van der Waals surface area contributed by atoms with Crippen molar-refractivity contribution in [3.63, 3.8) is 0 Å². The molecule has 4 heteroatoms. The van der Waals surface area contributed by atoms with Gasteiger partial charge in [-0.3, -0.25) is 4.79 Å². The number of benzene rings is 4. The first kappa shape index (κ1) is 25.4. The Labute approximate surface area is 219 Å². The zero-order valence-corrected chi connectivity index (χ0v) is 22.2. The summed E-state index contributed by atoms with van der Waals surface area (Å²) >= 11 is 0. The van der Waals surface area contributed by atoms with E-state index in [9.17, 15) is 4.79 Å². The number of hydrogen-bond donors (Lipinski definition) is 0. The molecule has 0 saturated heterocycles. The summed E-state index contributed by atoms with van der Waals surface area (Å²) < 4.78 is 5.64. The molecule has 2 atom stereocenters. The van der Waals surface area contributed by atoms with Gasteiger partial charge < -0.3 is 21.7 Å². The lowest BCUT2D eigenvalue weighted by atomic mass is 10.2. The zero-order chi connectivity index (χ0) is 23.2. The van der Waals surface area contributed by atoms with Crippen LogP contribution >= 0.6 is 7.26 Å². The molecule has 35 heavy (non-hydrogen) atoms. The second-order valence-corrected chi connectivity index (χ2v) is 12.6. The molecule has 4 aromatic rings. The Bertz CT molecular complexity index is 1100. The molecule has 0 heterocycles. The van der Waals surface area contributed by atoms with Gasteiger partial charge in [-0.25, -0.2) is 0 Å². The van der Waals surface area contributed by atoms with Gasteiger partial charge >= 0.3 is 5.97 Å². The second-order valence-electron chi connectivity index (χ2n) is 9.02. The fourth-order valence-electron chi connectivity index (χ4n) is 4.93. The van der Waals surface area contributed by atoms with Crippen LogP contribution in [0.15, 0.2) is 121 Å².